The van der Waals surface area contributed by atoms with Crippen LogP contribution in [0.1, 0.15) is 36.8 Å². The minimum atomic E-state index is 0.347. The molecule has 0 amide bonds. The maximum atomic E-state index is 6.06. The summed E-state index contributed by atoms with van der Waals surface area (Å²) in [7, 11) is 1.80. The Morgan fingerprint density at radius 2 is 1.63 bits per heavy atom. The van der Waals surface area contributed by atoms with Gasteiger partial charge in [-0.3, -0.25) is 0 Å². The van der Waals surface area contributed by atoms with Crippen molar-refractivity contribution in [3.63, 3.8) is 0 Å². The number of nitrogens with zero attached hydrogens (tertiary/aromatic N) is 3. The third-order valence-corrected chi connectivity index (χ3v) is 5.54. The van der Waals surface area contributed by atoms with E-state index in [-0.39, 0.29) is 0 Å². The minimum Gasteiger partial charge on any atom is -0.381 e. The van der Waals surface area contributed by atoms with Crippen molar-refractivity contribution in [2.75, 3.05) is 25.1 Å². The molecule has 1 fully saturated rings. The molecule has 4 nitrogen and oxygen atoms in total. The molecule has 4 rings (SSSR count). The highest BCUT2D eigenvalue weighted by molar-refractivity contribution is 6.30. The van der Waals surface area contributed by atoms with E-state index in [0.29, 0.717) is 6.10 Å². The second-order valence-corrected chi connectivity index (χ2v) is 7.45. The first kappa shape index (κ1) is 18.2. The molecule has 0 atom stereocenters. The molecule has 1 saturated heterocycles. The van der Waals surface area contributed by atoms with Crippen molar-refractivity contribution in [1.29, 1.82) is 0 Å². The predicted molar refractivity (Wildman–Crippen MR) is 112 cm³/mol. The maximum absolute atomic E-state index is 6.06. The van der Waals surface area contributed by atoms with Crippen LogP contribution in [0.3, 0.4) is 0 Å². The number of piperidine rings is 1. The highest BCUT2D eigenvalue weighted by Gasteiger charge is 2.24. The Morgan fingerprint density at radius 3 is 2.30 bits per heavy atom. The van der Waals surface area contributed by atoms with Gasteiger partial charge in [-0.25, -0.2) is 0 Å². The van der Waals surface area contributed by atoms with Gasteiger partial charge >= 0.3 is 0 Å². The number of anilines is 1. The number of halogens is 1. The van der Waals surface area contributed by atoms with E-state index in [1.165, 1.54) is 0 Å². The summed E-state index contributed by atoms with van der Waals surface area (Å²) in [4.78, 5) is 2.34. The van der Waals surface area contributed by atoms with Crippen LogP contribution >= 0.6 is 11.6 Å². The van der Waals surface area contributed by atoms with Crippen LogP contribution in [-0.4, -0.2) is 36.5 Å². The quantitative estimate of drug-likeness (QED) is 0.729. The van der Waals surface area contributed by atoms with Crippen LogP contribution in [-0.2, 0) is 4.74 Å². The highest BCUT2D eigenvalue weighted by atomic mass is 35.5. The first-order valence-electron chi connectivity index (χ1n) is 9.53. The van der Waals surface area contributed by atoms with Gasteiger partial charge in [0.2, 0.25) is 0 Å². The number of rotatable bonds is 3. The number of aromatic nitrogens is 2. The van der Waals surface area contributed by atoms with Gasteiger partial charge in [0.25, 0.3) is 0 Å². The van der Waals surface area contributed by atoms with Crippen molar-refractivity contribution < 1.29 is 4.74 Å². The summed E-state index contributed by atoms with van der Waals surface area (Å²) in [5, 5.41) is 10.0. The van der Waals surface area contributed by atoms with Crippen LogP contribution in [0.15, 0.2) is 36.4 Å². The fraction of sp³-hybridized carbons (Fsp3) is 0.364. The van der Waals surface area contributed by atoms with Crippen LogP contribution in [0, 0.1) is 0 Å². The number of benzene rings is 1. The van der Waals surface area contributed by atoms with Gasteiger partial charge < -0.3 is 9.64 Å². The Labute approximate surface area is 165 Å². The molecule has 140 valence electrons. The number of methoxy groups -OCH3 is 1. The molecule has 2 aromatic rings. The highest BCUT2D eigenvalue weighted by Crippen LogP contribution is 2.34. The summed E-state index contributed by atoms with van der Waals surface area (Å²) < 4.78 is 5.51. The number of allylic oxidation sites excluding steroid dienone is 2. The Kier molecular flexibility index (Phi) is 5.55. The van der Waals surface area contributed by atoms with Crippen LogP contribution in [0.25, 0.3) is 23.4 Å². The molecule has 0 bridgehead atoms. The van der Waals surface area contributed by atoms with Gasteiger partial charge in [0.15, 0.2) is 5.82 Å². The fourth-order valence-corrected chi connectivity index (χ4v) is 3.86. The first-order chi connectivity index (χ1) is 13.3. The van der Waals surface area contributed by atoms with Gasteiger partial charge in [-0.2, -0.15) is 0 Å². The van der Waals surface area contributed by atoms with E-state index in [0.717, 1.165) is 72.0 Å². The van der Waals surface area contributed by atoms with Crippen molar-refractivity contribution in [3.05, 3.63) is 52.6 Å². The van der Waals surface area contributed by atoms with Gasteiger partial charge in [-0.1, -0.05) is 48.0 Å². The molecule has 1 aliphatic heterocycles. The molecule has 27 heavy (non-hydrogen) atoms. The van der Waals surface area contributed by atoms with Gasteiger partial charge in [-0.15, -0.1) is 10.2 Å². The summed E-state index contributed by atoms with van der Waals surface area (Å²) in [5.41, 5.74) is 4.22. The average Bonchev–Trinajstić information content (AvgIpc) is 2.68. The summed E-state index contributed by atoms with van der Waals surface area (Å²) in [5.74, 6) is 0.972. The molecule has 0 spiro atoms. The zero-order chi connectivity index (χ0) is 18.6. The van der Waals surface area contributed by atoms with Gasteiger partial charge in [0.1, 0.15) is 5.69 Å². The van der Waals surface area contributed by atoms with Gasteiger partial charge in [0.05, 0.1) is 6.10 Å². The van der Waals surface area contributed by atoms with Crippen molar-refractivity contribution in [2.45, 2.75) is 31.8 Å². The molecule has 1 aromatic carbocycles. The summed E-state index contributed by atoms with van der Waals surface area (Å²) >= 11 is 6.06. The normalized spacial score (nSPS) is 18.7. The molecular weight excluding hydrogens is 358 g/mol. The van der Waals surface area contributed by atoms with Crippen LogP contribution in [0.5, 0.6) is 0 Å². The van der Waals surface area contributed by atoms with Gasteiger partial charge in [0, 0.05) is 41.9 Å². The second kappa shape index (κ2) is 8.24. The molecule has 0 N–H and O–H groups in total. The lowest BCUT2D eigenvalue weighted by Crippen LogP contribution is -2.37. The smallest absolute Gasteiger partial charge is 0.159 e. The van der Waals surface area contributed by atoms with Crippen molar-refractivity contribution >= 4 is 29.6 Å². The first-order valence-corrected chi connectivity index (χ1v) is 9.91. The summed E-state index contributed by atoms with van der Waals surface area (Å²) in [6.45, 7) is 1.88. The SMILES string of the molecule is COC1CCN(c2nnc(-c3ccc(Cl)cc3)c3c2/C=C\CCC=C3)CC1. The lowest BCUT2D eigenvalue weighted by molar-refractivity contribution is 0.0817. The molecule has 5 heteroatoms. The lowest BCUT2D eigenvalue weighted by Gasteiger charge is -2.33. The van der Waals surface area contributed by atoms with E-state index in [4.69, 9.17) is 16.3 Å². The molecule has 0 saturated carbocycles. The number of fused-ring (bicyclic) bond motifs is 1. The zero-order valence-corrected chi connectivity index (χ0v) is 16.3. The third kappa shape index (κ3) is 3.92. The predicted octanol–water partition coefficient (Wildman–Crippen LogP) is 5.23. The monoisotopic (exact) mass is 381 g/mol. The van der Waals surface area contributed by atoms with Crippen LogP contribution in [0.2, 0.25) is 5.02 Å². The van der Waals surface area contributed by atoms with E-state index in [1.54, 1.807) is 7.11 Å². The van der Waals surface area contributed by atoms with E-state index in [1.807, 2.05) is 24.3 Å². The molecule has 0 radical (unpaired) electrons. The second-order valence-electron chi connectivity index (χ2n) is 7.01. The topological polar surface area (TPSA) is 38.2 Å². The Hall–Kier alpha value is -2.17. The number of ether oxygens (including phenoxy) is 1. The molecule has 0 unspecified atom stereocenters. The molecule has 2 aliphatic rings. The van der Waals surface area contributed by atoms with Crippen molar-refractivity contribution in [1.82, 2.24) is 10.2 Å². The van der Waals surface area contributed by atoms with E-state index in [9.17, 15) is 0 Å². The third-order valence-electron chi connectivity index (χ3n) is 5.29. The van der Waals surface area contributed by atoms with E-state index < -0.39 is 0 Å². The fourth-order valence-electron chi connectivity index (χ4n) is 3.74. The zero-order valence-electron chi connectivity index (χ0n) is 15.6. The average molecular weight is 382 g/mol. The van der Waals surface area contributed by atoms with Crippen molar-refractivity contribution in [3.8, 4) is 11.3 Å². The van der Waals surface area contributed by atoms with Crippen molar-refractivity contribution in [2.24, 2.45) is 0 Å². The Morgan fingerprint density at radius 1 is 0.963 bits per heavy atom. The Balaban J connectivity index is 1.78. The largest absolute Gasteiger partial charge is 0.381 e. The minimum absolute atomic E-state index is 0.347. The standard InChI is InChI=1S/C22H24ClN3O/c1-27-18-12-14-26(15-13-18)22-20-7-5-3-2-4-6-19(20)21(24-25-22)16-8-10-17(23)11-9-16/h4-11,18H,2-3,12-15H2,1H3/b6-4?,7-5-. The van der Waals surface area contributed by atoms with Crippen LogP contribution in [0.4, 0.5) is 5.82 Å². The van der Waals surface area contributed by atoms with E-state index >= 15 is 0 Å². The Bertz CT molecular complexity index is 853. The molecular formula is C22H24ClN3O. The lowest BCUT2D eigenvalue weighted by atomic mass is 9.97. The summed E-state index contributed by atoms with van der Waals surface area (Å²) in [6, 6.07) is 7.81. The van der Waals surface area contributed by atoms with Gasteiger partial charge in [-0.05, 0) is 37.8 Å². The molecule has 1 aromatic heterocycles. The van der Waals surface area contributed by atoms with Crippen LogP contribution < -0.4 is 4.90 Å². The number of hydrogen-bond donors (Lipinski definition) is 0. The molecule has 1 aliphatic carbocycles. The summed E-state index contributed by atoms with van der Waals surface area (Å²) in [6.07, 6.45) is 13.3. The number of hydrogen-bond acceptors (Lipinski definition) is 4. The maximum Gasteiger partial charge on any atom is 0.159 e. The molecule has 2 heterocycles. The van der Waals surface area contributed by atoms with E-state index in [2.05, 4.69) is 39.4 Å².